The lowest BCUT2D eigenvalue weighted by atomic mass is 10.0. The van der Waals surface area contributed by atoms with E-state index >= 15 is 0 Å². The van der Waals surface area contributed by atoms with Gasteiger partial charge in [-0.2, -0.15) is 0 Å². The van der Waals surface area contributed by atoms with E-state index in [2.05, 4.69) is 5.32 Å². The van der Waals surface area contributed by atoms with E-state index in [-0.39, 0.29) is 12.5 Å². The summed E-state index contributed by atoms with van der Waals surface area (Å²) in [5, 5.41) is 30.3. The maximum Gasteiger partial charge on any atom is 0.325 e. The number of hydrogen-bond acceptors (Lipinski definition) is 5. The molecule has 96 valence electrons. The van der Waals surface area contributed by atoms with Crippen molar-refractivity contribution < 1.29 is 24.9 Å². The van der Waals surface area contributed by atoms with Crippen LogP contribution in [0.5, 0.6) is 0 Å². The van der Waals surface area contributed by atoms with Gasteiger partial charge in [-0.1, -0.05) is 6.92 Å². The molecule has 0 aromatic carbocycles. The molecule has 4 N–H and O–H groups in total. The van der Waals surface area contributed by atoms with Gasteiger partial charge in [-0.15, -0.1) is 0 Å². The van der Waals surface area contributed by atoms with Crippen LogP contribution in [0.4, 0.5) is 4.79 Å². The highest BCUT2D eigenvalue weighted by Gasteiger charge is 2.45. The quantitative estimate of drug-likeness (QED) is 0.476. The average molecular weight is 244 g/mol. The Morgan fingerprint density at radius 3 is 2.76 bits per heavy atom. The maximum atomic E-state index is 11.6. The molecule has 2 aliphatic heterocycles. The number of carbonyl (C=O) groups is 1. The molecule has 5 atom stereocenters. The summed E-state index contributed by atoms with van der Waals surface area (Å²) >= 11 is 0. The molecule has 0 aromatic rings. The van der Waals surface area contributed by atoms with Crippen LogP contribution < -0.4 is 5.32 Å². The Bertz CT molecular complexity index is 335. The highest BCUT2D eigenvalue weighted by atomic mass is 16.5. The Morgan fingerprint density at radius 2 is 2.24 bits per heavy atom. The van der Waals surface area contributed by atoms with Crippen LogP contribution in [-0.4, -0.2) is 57.5 Å². The highest BCUT2D eigenvalue weighted by molar-refractivity contribution is 5.77. The van der Waals surface area contributed by atoms with Crippen LogP contribution >= 0.6 is 0 Å². The van der Waals surface area contributed by atoms with Crippen molar-refractivity contribution in [3.63, 3.8) is 0 Å². The van der Waals surface area contributed by atoms with Gasteiger partial charge in [0.25, 0.3) is 0 Å². The van der Waals surface area contributed by atoms with Crippen LogP contribution in [-0.2, 0) is 4.74 Å². The number of aliphatic hydroxyl groups excluding tert-OH is 3. The molecular weight excluding hydrogens is 228 g/mol. The molecule has 1 saturated heterocycles. The monoisotopic (exact) mass is 244 g/mol. The first-order chi connectivity index (χ1) is 8.04. The van der Waals surface area contributed by atoms with Gasteiger partial charge in [0, 0.05) is 12.1 Å². The fourth-order valence-corrected chi connectivity index (χ4v) is 2.05. The summed E-state index contributed by atoms with van der Waals surface area (Å²) in [6.07, 6.45) is -0.353. The summed E-state index contributed by atoms with van der Waals surface area (Å²) in [6, 6.07) is -0.498. The molecule has 0 bridgehead atoms. The number of nitrogens with zero attached hydrogens (tertiary/aromatic N) is 1. The number of aliphatic hydroxyl groups is 3. The Kier molecular flexibility index (Phi) is 3.34. The van der Waals surface area contributed by atoms with Gasteiger partial charge in [0.15, 0.2) is 0 Å². The van der Waals surface area contributed by atoms with Crippen molar-refractivity contribution in [1.82, 2.24) is 10.2 Å². The second-order valence-electron chi connectivity index (χ2n) is 4.24. The van der Waals surface area contributed by atoms with Crippen LogP contribution in [0.2, 0.25) is 0 Å². The molecule has 1 fully saturated rings. The lowest BCUT2D eigenvalue weighted by Gasteiger charge is -2.31. The third kappa shape index (κ3) is 2.14. The molecule has 2 amide bonds. The lowest BCUT2D eigenvalue weighted by molar-refractivity contribution is -0.0582. The van der Waals surface area contributed by atoms with Gasteiger partial charge < -0.3 is 25.4 Å². The van der Waals surface area contributed by atoms with Crippen LogP contribution in [0.25, 0.3) is 0 Å². The number of carbonyl (C=O) groups excluding carboxylic acids is 1. The Morgan fingerprint density at radius 1 is 1.53 bits per heavy atom. The molecule has 5 unspecified atom stereocenters. The molecular formula is C10H16N2O5. The number of ether oxygens (including phenoxy) is 1. The van der Waals surface area contributed by atoms with Gasteiger partial charge in [-0.25, -0.2) is 4.79 Å². The van der Waals surface area contributed by atoms with E-state index in [9.17, 15) is 15.0 Å². The van der Waals surface area contributed by atoms with E-state index in [1.165, 1.54) is 17.2 Å². The van der Waals surface area contributed by atoms with E-state index in [1.807, 2.05) is 0 Å². The molecule has 0 aliphatic carbocycles. The number of nitrogens with one attached hydrogen (secondary N) is 1. The molecule has 7 heteroatoms. The minimum absolute atomic E-state index is 0.302. The first-order valence-electron chi connectivity index (χ1n) is 5.44. The predicted molar refractivity (Wildman–Crippen MR) is 56.4 cm³/mol. The number of amides is 2. The molecule has 2 heterocycles. The molecule has 0 radical (unpaired) electrons. The number of hydrogen-bond donors (Lipinski definition) is 4. The standard InChI is InChI=1S/C10H16N2O5/c1-5-8(15)6(4-13)17-9(5)12-3-2-7(14)11-10(12)16/h2-3,5-9,13-15H,4H2,1H3,(H,11,16). The van der Waals surface area contributed by atoms with E-state index < -0.39 is 30.7 Å². The number of rotatable bonds is 2. The summed E-state index contributed by atoms with van der Waals surface area (Å²) in [5.41, 5.74) is 0. The molecule has 7 nitrogen and oxygen atoms in total. The van der Waals surface area contributed by atoms with Gasteiger partial charge >= 0.3 is 6.03 Å². The van der Waals surface area contributed by atoms with E-state index in [0.29, 0.717) is 0 Å². The Labute approximate surface area is 98.3 Å². The zero-order valence-corrected chi connectivity index (χ0v) is 9.35. The third-order valence-corrected chi connectivity index (χ3v) is 3.07. The zero-order chi connectivity index (χ0) is 12.6. The Balaban J connectivity index is 2.13. The summed E-state index contributed by atoms with van der Waals surface area (Å²) in [5.74, 6) is -0.321. The minimum atomic E-state index is -1.01. The van der Waals surface area contributed by atoms with Crippen LogP contribution in [0, 0.1) is 5.92 Å². The molecule has 0 aromatic heterocycles. The van der Waals surface area contributed by atoms with E-state index in [4.69, 9.17) is 9.84 Å². The van der Waals surface area contributed by atoms with Crippen LogP contribution in [0.15, 0.2) is 12.3 Å². The average Bonchev–Trinajstić information content (AvgIpc) is 2.57. The van der Waals surface area contributed by atoms with Gasteiger partial charge in [0.05, 0.1) is 12.7 Å². The van der Waals surface area contributed by atoms with Gasteiger partial charge in [0.2, 0.25) is 0 Å². The molecule has 2 rings (SSSR count). The van der Waals surface area contributed by atoms with Crippen molar-refractivity contribution >= 4 is 6.03 Å². The maximum absolute atomic E-state index is 11.6. The van der Waals surface area contributed by atoms with Crippen molar-refractivity contribution in [2.45, 2.75) is 31.6 Å². The Hall–Kier alpha value is -1.15. The third-order valence-electron chi connectivity index (χ3n) is 3.07. The minimum Gasteiger partial charge on any atom is -0.394 e. The van der Waals surface area contributed by atoms with E-state index in [0.717, 1.165) is 0 Å². The molecule has 0 spiro atoms. The van der Waals surface area contributed by atoms with Crippen molar-refractivity contribution in [2.75, 3.05) is 6.61 Å². The molecule has 0 saturated carbocycles. The first kappa shape index (κ1) is 12.3. The first-order valence-corrected chi connectivity index (χ1v) is 5.44. The van der Waals surface area contributed by atoms with Crippen LogP contribution in [0.3, 0.4) is 0 Å². The molecule has 17 heavy (non-hydrogen) atoms. The zero-order valence-electron chi connectivity index (χ0n) is 9.35. The van der Waals surface area contributed by atoms with Crippen molar-refractivity contribution in [1.29, 1.82) is 0 Å². The second kappa shape index (κ2) is 4.61. The SMILES string of the molecule is CC1C(O)C(CO)OC1N1C=CC(O)NC1=O. The molecule has 2 aliphatic rings. The summed E-state index contributed by atoms with van der Waals surface area (Å²) in [4.78, 5) is 12.9. The highest BCUT2D eigenvalue weighted by Crippen LogP contribution is 2.29. The number of urea groups is 1. The van der Waals surface area contributed by atoms with Crippen LogP contribution in [0.1, 0.15) is 6.92 Å². The van der Waals surface area contributed by atoms with Gasteiger partial charge in [-0.3, -0.25) is 4.90 Å². The van der Waals surface area contributed by atoms with Crippen molar-refractivity contribution in [3.8, 4) is 0 Å². The van der Waals surface area contributed by atoms with E-state index in [1.54, 1.807) is 6.92 Å². The topological polar surface area (TPSA) is 102 Å². The van der Waals surface area contributed by atoms with Gasteiger partial charge in [-0.05, 0) is 6.08 Å². The fraction of sp³-hybridized carbons (Fsp3) is 0.700. The van der Waals surface area contributed by atoms with Gasteiger partial charge in [0.1, 0.15) is 18.6 Å². The second-order valence-corrected chi connectivity index (χ2v) is 4.24. The normalized spacial score (nSPS) is 41.8. The van der Waals surface area contributed by atoms with Crippen molar-refractivity contribution in [2.24, 2.45) is 5.92 Å². The summed E-state index contributed by atoms with van der Waals surface area (Å²) in [7, 11) is 0. The smallest absolute Gasteiger partial charge is 0.325 e. The largest absolute Gasteiger partial charge is 0.394 e. The van der Waals surface area contributed by atoms with Crippen molar-refractivity contribution in [3.05, 3.63) is 12.3 Å². The fourth-order valence-electron chi connectivity index (χ4n) is 2.05. The lowest BCUT2D eigenvalue weighted by Crippen LogP contribution is -2.51. The summed E-state index contributed by atoms with van der Waals surface area (Å²) < 4.78 is 5.41. The summed E-state index contributed by atoms with van der Waals surface area (Å²) in [6.45, 7) is 1.43. The predicted octanol–water partition coefficient (Wildman–Crippen LogP) is -1.44.